The largest absolute Gasteiger partial charge is 0.459 e. The number of anilines is 1. The first-order chi connectivity index (χ1) is 13.0. The average Bonchev–Trinajstić information content (AvgIpc) is 3.22. The van der Waals surface area contributed by atoms with Crippen LogP contribution in [-0.4, -0.2) is 30.3 Å². The van der Waals surface area contributed by atoms with Gasteiger partial charge in [0.2, 0.25) is 0 Å². The highest BCUT2D eigenvalue weighted by Crippen LogP contribution is 2.14. The monoisotopic (exact) mass is 426 g/mol. The minimum atomic E-state index is -0.328. The molecular formula is C21H19BrN2O3. The van der Waals surface area contributed by atoms with Gasteiger partial charge in [-0.25, -0.2) is 0 Å². The minimum Gasteiger partial charge on any atom is -0.459 e. The van der Waals surface area contributed by atoms with Crippen LogP contribution in [0, 0.1) is 0 Å². The fourth-order valence-electron chi connectivity index (χ4n) is 2.57. The normalized spacial score (nSPS) is 10.4. The zero-order valence-corrected chi connectivity index (χ0v) is 16.4. The highest BCUT2D eigenvalue weighted by atomic mass is 79.9. The van der Waals surface area contributed by atoms with Crippen molar-refractivity contribution in [2.75, 3.05) is 18.9 Å². The third-order valence-corrected chi connectivity index (χ3v) is 4.66. The van der Waals surface area contributed by atoms with Crippen molar-refractivity contribution >= 4 is 33.4 Å². The number of likely N-dealkylation sites (N-methyl/N-ethyl adjacent to an activating group) is 1. The molecule has 0 atom stereocenters. The number of furan rings is 1. The van der Waals surface area contributed by atoms with E-state index in [0.717, 1.165) is 10.9 Å². The van der Waals surface area contributed by atoms with Crippen molar-refractivity contribution in [2.24, 2.45) is 0 Å². The molecule has 0 aliphatic heterocycles. The van der Waals surface area contributed by atoms with Crippen LogP contribution in [0.15, 0.2) is 75.8 Å². The lowest BCUT2D eigenvalue weighted by Gasteiger charge is -2.17. The van der Waals surface area contributed by atoms with Gasteiger partial charge in [-0.05, 0) is 60.5 Å². The SMILES string of the molecule is CN(CCc1ccc(Br)cc1)C(=O)c1ccc(NC(=O)c2ccco2)cc1. The fraction of sp³-hybridized carbons (Fsp3) is 0.143. The zero-order chi connectivity index (χ0) is 19.2. The van der Waals surface area contributed by atoms with Crippen LogP contribution in [0.25, 0.3) is 0 Å². The predicted molar refractivity (Wildman–Crippen MR) is 108 cm³/mol. The molecule has 6 heteroatoms. The summed E-state index contributed by atoms with van der Waals surface area (Å²) in [4.78, 5) is 26.2. The van der Waals surface area contributed by atoms with Crippen molar-refractivity contribution in [3.8, 4) is 0 Å². The summed E-state index contributed by atoms with van der Waals surface area (Å²) in [5.41, 5.74) is 2.35. The number of nitrogens with one attached hydrogen (secondary N) is 1. The molecule has 0 aliphatic carbocycles. The molecule has 0 saturated carbocycles. The van der Waals surface area contributed by atoms with Crippen LogP contribution in [0.5, 0.6) is 0 Å². The third-order valence-electron chi connectivity index (χ3n) is 4.13. The van der Waals surface area contributed by atoms with E-state index in [-0.39, 0.29) is 17.6 Å². The number of carbonyl (C=O) groups excluding carboxylic acids is 2. The van der Waals surface area contributed by atoms with E-state index in [9.17, 15) is 9.59 Å². The molecule has 0 unspecified atom stereocenters. The molecule has 0 saturated heterocycles. The second-order valence-corrected chi connectivity index (χ2v) is 7.03. The van der Waals surface area contributed by atoms with E-state index in [0.29, 0.717) is 17.8 Å². The Hall–Kier alpha value is -2.86. The topological polar surface area (TPSA) is 62.6 Å². The van der Waals surface area contributed by atoms with E-state index in [2.05, 4.69) is 21.2 Å². The molecule has 1 N–H and O–H groups in total. The van der Waals surface area contributed by atoms with Crippen LogP contribution >= 0.6 is 15.9 Å². The number of halogens is 1. The summed E-state index contributed by atoms with van der Waals surface area (Å²) in [5.74, 6) is -0.149. The van der Waals surface area contributed by atoms with Gasteiger partial charge in [0.15, 0.2) is 5.76 Å². The Morgan fingerprint density at radius 1 is 1.04 bits per heavy atom. The van der Waals surface area contributed by atoms with Crippen molar-refractivity contribution < 1.29 is 14.0 Å². The van der Waals surface area contributed by atoms with Gasteiger partial charge in [-0.15, -0.1) is 0 Å². The van der Waals surface area contributed by atoms with Crippen LogP contribution in [-0.2, 0) is 6.42 Å². The maximum Gasteiger partial charge on any atom is 0.291 e. The number of hydrogen-bond acceptors (Lipinski definition) is 3. The molecule has 3 rings (SSSR count). The highest BCUT2D eigenvalue weighted by Gasteiger charge is 2.13. The molecular weight excluding hydrogens is 408 g/mol. The van der Waals surface area contributed by atoms with E-state index in [1.54, 1.807) is 48.3 Å². The van der Waals surface area contributed by atoms with Gasteiger partial charge in [0.05, 0.1) is 6.26 Å². The molecule has 138 valence electrons. The van der Waals surface area contributed by atoms with E-state index in [1.807, 2.05) is 24.3 Å². The number of nitrogens with zero attached hydrogens (tertiary/aromatic N) is 1. The zero-order valence-electron chi connectivity index (χ0n) is 14.8. The third kappa shape index (κ3) is 5.08. The van der Waals surface area contributed by atoms with Gasteiger partial charge in [-0.2, -0.15) is 0 Å². The van der Waals surface area contributed by atoms with Gasteiger partial charge in [0, 0.05) is 29.3 Å². The standard InChI is InChI=1S/C21H19BrN2O3/c1-24(13-12-15-4-8-17(22)9-5-15)21(26)16-6-10-18(11-7-16)23-20(25)19-3-2-14-27-19/h2-11,14H,12-13H2,1H3,(H,23,25). The van der Waals surface area contributed by atoms with E-state index in [1.165, 1.54) is 11.8 Å². The molecule has 0 aliphatic rings. The first-order valence-electron chi connectivity index (χ1n) is 8.48. The van der Waals surface area contributed by atoms with Crippen molar-refractivity contribution in [1.82, 2.24) is 4.90 Å². The molecule has 0 fully saturated rings. The van der Waals surface area contributed by atoms with Gasteiger partial charge in [0.1, 0.15) is 0 Å². The van der Waals surface area contributed by atoms with E-state index in [4.69, 9.17) is 4.42 Å². The summed E-state index contributed by atoms with van der Waals surface area (Å²) in [6.45, 7) is 0.622. The van der Waals surface area contributed by atoms with Crippen molar-refractivity contribution in [3.05, 3.63) is 88.3 Å². The Labute approximate surface area is 166 Å². The minimum absolute atomic E-state index is 0.0592. The summed E-state index contributed by atoms with van der Waals surface area (Å²) in [6.07, 6.45) is 2.23. The lowest BCUT2D eigenvalue weighted by molar-refractivity contribution is 0.0796. The average molecular weight is 427 g/mol. The molecule has 0 bridgehead atoms. The molecule has 2 aromatic carbocycles. The van der Waals surface area contributed by atoms with Gasteiger partial charge in [0.25, 0.3) is 11.8 Å². The second kappa shape index (κ2) is 8.68. The Morgan fingerprint density at radius 2 is 1.74 bits per heavy atom. The van der Waals surface area contributed by atoms with Crippen molar-refractivity contribution in [1.29, 1.82) is 0 Å². The number of amides is 2. The molecule has 2 amide bonds. The summed E-state index contributed by atoms with van der Waals surface area (Å²) in [5, 5.41) is 2.73. The smallest absolute Gasteiger partial charge is 0.291 e. The lowest BCUT2D eigenvalue weighted by atomic mass is 10.1. The van der Waals surface area contributed by atoms with Crippen molar-refractivity contribution in [3.63, 3.8) is 0 Å². The van der Waals surface area contributed by atoms with Gasteiger partial charge in [-0.3, -0.25) is 9.59 Å². The fourth-order valence-corrected chi connectivity index (χ4v) is 2.83. The van der Waals surface area contributed by atoms with E-state index >= 15 is 0 Å². The maximum absolute atomic E-state index is 12.6. The highest BCUT2D eigenvalue weighted by molar-refractivity contribution is 9.10. The molecule has 0 radical (unpaired) electrons. The molecule has 27 heavy (non-hydrogen) atoms. The van der Waals surface area contributed by atoms with Crippen LogP contribution in [0.4, 0.5) is 5.69 Å². The second-order valence-electron chi connectivity index (χ2n) is 6.11. The molecule has 1 heterocycles. The van der Waals surface area contributed by atoms with Gasteiger partial charge >= 0.3 is 0 Å². The molecule has 1 aromatic heterocycles. The van der Waals surface area contributed by atoms with Crippen LogP contribution < -0.4 is 5.32 Å². The first-order valence-corrected chi connectivity index (χ1v) is 9.27. The molecule has 5 nitrogen and oxygen atoms in total. The van der Waals surface area contributed by atoms with Gasteiger partial charge < -0.3 is 14.6 Å². The summed E-state index contributed by atoms with van der Waals surface area (Å²) in [7, 11) is 1.79. The number of benzene rings is 2. The Morgan fingerprint density at radius 3 is 2.37 bits per heavy atom. The Kier molecular flexibility index (Phi) is 6.08. The predicted octanol–water partition coefficient (Wildman–Crippen LogP) is 4.61. The Bertz CT molecular complexity index is 904. The number of carbonyl (C=O) groups is 2. The quantitative estimate of drug-likeness (QED) is 0.625. The number of hydrogen-bond donors (Lipinski definition) is 1. The van der Waals surface area contributed by atoms with Crippen LogP contribution in [0.2, 0.25) is 0 Å². The number of rotatable bonds is 6. The summed E-state index contributed by atoms with van der Waals surface area (Å²) < 4.78 is 6.09. The van der Waals surface area contributed by atoms with Gasteiger partial charge in [-0.1, -0.05) is 28.1 Å². The molecule has 0 spiro atoms. The molecule has 3 aromatic rings. The van der Waals surface area contributed by atoms with Crippen LogP contribution in [0.1, 0.15) is 26.5 Å². The lowest BCUT2D eigenvalue weighted by Crippen LogP contribution is -2.28. The van der Waals surface area contributed by atoms with Crippen LogP contribution in [0.3, 0.4) is 0 Å². The summed E-state index contributed by atoms with van der Waals surface area (Å²) >= 11 is 3.42. The maximum atomic E-state index is 12.6. The Balaban J connectivity index is 1.56. The van der Waals surface area contributed by atoms with Crippen molar-refractivity contribution in [2.45, 2.75) is 6.42 Å². The summed E-state index contributed by atoms with van der Waals surface area (Å²) in [6, 6.07) is 18.1. The first kappa shape index (κ1) is 18.9. The van der Waals surface area contributed by atoms with E-state index < -0.39 is 0 Å².